The third kappa shape index (κ3) is 3.82. The minimum absolute atomic E-state index is 0.321. The molecule has 112 valence electrons. The van der Waals surface area contributed by atoms with E-state index in [9.17, 15) is 0 Å². The lowest BCUT2D eigenvalue weighted by Gasteiger charge is -2.11. The summed E-state index contributed by atoms with van der Waals surface area (Å²) in [6, 6.07) is 7.95. The van der Waals surface area contributed by atoms with Gasteiger partial charge in [-0.15, -0.1) is 0 Å². The van der Waals surface area contributed by atoms with Crippen LogP contribution in [0.15, 0.2) is 30.6 Å². The third-order valence-corrected chi connectivity index (χ3v) is 3.07. The van der Waals surface area contributed by atoms with Gasteiger partial charge in [-0.05, 0) is 30.5 Å². The number of ether oxygens (including phenoxy) is 2. The zero-order chi connectivity index (χ0) is 15.1. The van der Waals surface area contributed by atoms with Gasteiger partial charge in [0.2, 0.25) is 5.75 Å². The molecule has 0 unspecified atom stereocenters. The van der Waals surface area contributed by atoms with Gasteiger partial charge in [-0.1, -0.05) is 25.5 Å². The molecule has 2 rings (SSSR count). The van der Waals surface area contributed by atoms with Gasteiger partial charge in [0.05, 0.1) is 7.11 Å². The maximum Gasteiger partial charge on any atom is 0.268 e. The Morgan fingerprint density at radius 2 is 1.95 bits per heavy atom. The molecule has 6 heteroatoms. The molecule has 0 bridgehead atoms. The highest BCUT2D eigenvalue weighted by Crippen LogP contribution is 2.33. The summed E-state index contributed by atoms with van der Waals surface area (Å²) in [5.74, 6) is 7.14. The number of nitrogen functional groups attached to an aromatic ring is 1. The van der Waals surface area contributed by atoms with Gasteiger partial charge in [0, 0.05) is 0 Å². The number of methoxy groups -OCH3 is 1. The normalized spacial score (nSPS) is 10.2. The fourth-order valence-electron chi connectivity index (χ4n) is 1.93. The summed E-state index contributed by atoms with van der Waals surface area (Å²) < 4.78 is 11.0. The van der Waals surface area contributed by atoms with Crippen LogP contribution < -0.4 is 20.7 Å². The van der Waals surface area contributed by atoms with Gasteiger partial charge in [-0.2, -0.15) is 4.98 Å². The third-order valence-electron chi connectivity index (χ3n) is 3.07. The number of anilines is 1. The van der Waals surface area contributed by atoms with Crippen LogP contribution in [0.2, 0.25) is 0 Å². The second kappa shape index (κ2) is 7.44. The molecule has 0 atom stereocenters. The Hall–Kier alpha value is -2.34. The van der Waals surface area contributed by atoms with Crippen molar-refractivity contribution in [3.05, 3.63) is 36.2 Å². The maximum absolute atomic E-state index is 5.73. The van der Waals surface area contributed by atoms with Crippen LogP contribution in [0.4, 0.5) is 5.82 Å². The number of aryl methyl sites for hydroxylation is 1. The van der Waals surface area contributed by atoms with Crippen molar-refractivity contribution < 1.29 is 9.47 Å². The summed E-state index contributed by atoms with van der Waals surface area (Å²) >= 11 is 0. The molecule has 0 radical (unpaired) electrons. The molecule has 0 saturated heterocycles. The highest BCUT2D eigenvalue weighted by atomic mass is 16.5. The largest absolute Gasteiger partial charge is 0.489 e. The first-order chi connectivity index (χ1) is 10.3. The molecule has 0 spiro atoms. The molecular formula is C15H20N4O2. The molecule has 0 aliphatic rings. The van der Waals surface area contributed by atoms with Gasteiger partial charge >= 0.3 is 0 Å². The molecule has 6 nitrogen and oxygen atoms in total. The van der Waals surface area contributed by atoms with E-state index in [1.807, 2.05) is 12.1 Å². The number of unbranched alkanes of at least 4 members (excludes halogenated alkanes) is 1. The Kier molecular flexibility index (Phi) is 5.34. The minimum Gasteiger partial charge on any atom is -0.489 e. The van der Waals surface area contributed by atoms with Gasteiger partial charge in [-0.25, -0.2) is 10.8 Å². The van der Waals surface area contributed by atoms with E-state index in [0.717, 1.165) is 6.42 Å². The summed E-state index contributed by atoms with van der Waals surface area (Å²) in [4.78, 5) is 8.04. The number of hydrogen-bond acceptors (Lipinski definition) is 6. The van der Waals surface area contributed by atoms with E-state index in [0.29, 0.717) is 23.2 Å². The summed E-state index contributed by atoms with van der Waals surface area (Å²) in [7, 11) is 1.51. The standard InChI is InChI=1S/C15H20N4O2/c1-3-4-5-11-6-8-12(9-7-11)21-15-13(20-2)14(19-16)17-10-18-15/h6-10H,3-5,16H2,1-2H3,(H,17,18,19). The minimum atomic E-state index is 0.321. The molecule has 0 aliphatic carbocycles. The molecule has 1 aromatic heterocycles. The highest BCUT2D eigenvalue weighted by molar-refractivity contribution is 5.55. The van der Waals surface area contributed by atoms with Gasteiger partial charge in [0.25, 0.3) is 5.88 Å². The smallest absolute Gasteiger partial charge is 0.268 e. The first-order valence-electron chi connectivity index (χ1n) is 6.90. The van der Waals surface area contributed by atoms with Crippen LogP contribution >= 0.6 is 0 Å². The van der Waals surface area contributed by atoms with Gasteiger partial charge in [-0.3, -0.25) is 0 Å². The van der Waals surface area contributed by atoms with Crippen LogP contribution in [0.3, 0.4) is 0 Å². The Balaban J connectivity index is 2.14. The number of nitrogens with one attached hydrogen (secondary N) is 1. The number of nitrogens with zero attached hydrogens (tertiary/aromatic N) is 2. The van der Waals surface area contributed by atoms with Gasteiger partial charge in [0.1, 0.15) is 12.1 Å². The molecule has 1 aromatic carbocycles. The second-order valence-corrected chi connectivity index (χ2v) is 4.55. The van der Waals surface area contributed by atoms with Crippen molar-refractivity contribution in [2.24, 2.45) is 5.84 Å². The van der Waals surface area contributed by atoms with Crippen LogP contribution in [0.1, 0.15) is 25.3 Å². The molecule has 0 saturated carbocycles. The quantitative estimate of drug-likeness (QED) is 0.602. The van der Waals surface area contributed by atoms with Crippen LogP contribution in [-0.2, 0) is 6.42 Å². The molecule has 0 fully saturated rings. The number of rotatable bonds is 7. The average molecular weight is 288 g/mol. The SMILES string of the molecule is CCCCc1ccc(Oc2ncnc(NN)c2OC)cc1. The van der Waals surface area contributed by atoms with E-state index in [-0.39, 0.29) is 0 Å². The molecule has 0 amide bonds. The lowest BCUT2D eigenvalue weighted by molar-refractivity contribution is 0.369. The van der Waals surface area contributed by atoms with Gasteiger partial charge < -0.3 is 14.9 Å². The van der Waals surface area contributed by atoms with E-state index in [4.69, 9.17) is 15.3 Å². The van der Waals surface area contributed by atoms with Crippen molar-refractivity contribution in [2.45, 2.75) is 26.2 Å². The van der Waals surface area contributed by atoms with E-state index in [2.05, 4.69) is 34.5 Å². The molecular weight excluding hydrogens is 268 g/mol. The maximum atomic E-state index is 5.73. The topological polar surface area (TPSA) is 82.3 Å². The van der Waals surface area contributed by atoms with Crippen LogP contribution in [-0.4, -0.2) is 17.1 Å². The Morgan fingerprint density at radius 3 is 2.57 bits per heavy atom. The van der Waals surface area contributed by atoms with E-state index in [1.54, 1.807) is 0 Å². The van der Waals surface area contributed by atoms with Crippen LogP contribution in [0.5, 0.6) is 17.4 Å². The van der Waals surface area contributed by atoms with Crippen molar-refractivity contribution in [3.63, 3.8) is 0 Å². The number of benzene rings is 1. The number of hydrogen-bond donors (Lipinski definition) is 2. The number of aromatic nitrogens is 2. The summed E-state index contributed by atoms with van der Waals surface area (Å²) in [6.45, 7) is 2.18. The summed E-state index contributed by atoms with van der Waals surface area (Å²) in [6.07, 6.45) is 4.81. The van der Waals surface area contributed by atoms with E-state index < -0.39 is 0 Å². The van der Waals surface area contributed by atoms with E-state index in [1.165, 1.54) is 31.8 Å². The predicted molar refractivity (Wildman–Crippen MR) is 81.5 cm³/mol. The molecule has 21 heavy (non-hydrogen) atoms. The molecule has 3 N–H and O–H groups in total. The lowest BCUT2D eigenvalue weighted by Crippen LogP contribution is -2.10. The monoisotopic (exact) mass is 288 g/mol. The Morgan fingerprint density at radius 1 is 1.19 bits per heavy atom. The molecule has 1 heterocycles. The van der Waals surface area contributed by atoms with Crippen molar-refractivity contribution in [3.8, 4) is 17.4 Å². The zero-order valence-electron chi connectivity index (χ0n) is 12.3. The number of nitrogens with two attached hydrogens (primary N) is 1. The van der Waals surface area contributed by atoms with Crippen molar-refractivity contribution in [1.82, 2.24) is 9.97 Å². The van der Waals surface area contributed by atoms with Crippen molar-refractivity contribution >= 4 is 5.82 Å². The summed E-state index contributed by atoms with van der Waals surface area (Å²) in [5.41, 5.74) is 3.74. The fraction of sp³-hybridized carbons (Fsp3) is 0.333. The van der Waals surface area contributed by atoms with Crippen molar-refractivity contribution in [2.75, 3.05) is 12.5 Å². The fourth-order valence-corrected chi connectivity index (χ4v) is 1.93. The predicted octanol–water partition coefficient (Wildman–Crippen LogP) is 2.91. The first-order valence-corrected chi connectivity index (χ1v) is 6.90. The molecule has 0 aliphatic heterocycles. The lowest BCUT2D eigenvalue weighted by atomic mass is 10.1. The Labute approximate surface area is 124 Å². The van der Waals surface area contributed by atoms with Gasteiger partial charge in [0.15, 0.2) is 5.82 Å². The first kappa shape index (κ1) is 15.1. The van der Waals surface area contributed by atoms with E-state index >= 15 is 0 Å². The van der Waals surface area contributed by atoms with Crippen LogP contribution in [0.25, 0.3) is 0 Å². The van der Waals surface area contributed by atoms with Crippen molar-refractivity contribution in [1.29, 1.82) is 0 Å². The Bertz CT molecular complexity index is 572. The second-order valence-electron chi connectivity index (χ2n) is 4.55. The highest BCUT2D eigenvalue weighted by Gasteiger charge is 2.13. The summed E-state index contributed by atoms with van der Waals surface area (Å²) in [5, 5.41) is 0. The average Bonchev–Trinajstić information content (AvgIpc) is 2.54. The van der Waals surface area contributed by atoms with Crippen LogP contribution in [0, 0.1) is 0 Å². The zero-order valence-corrected chi connectivity index (χ0v) is 12.3. The number of hydrazine groups is 1. The molecule has 2 aromatic rings.